The SMILES string of the molecule is CCN(Cc1ccc(CCN2CCCC2)cc1)C1C=C(OC)C=CC1[C@@H]1CCc2cc(O)ccc2C1. The quantitative estimate of drug-likeness (QED) is 0.490. The van der Waals surface area contributed by atoms with Crippen LogP contribution in [0.2, 0.25) is 0 Å². The van der Waals surface area contributed by atoms with Gasteiger partial charge in [0.2, 0.25) is 0 Å². The molecule has 0 aromatic heterocycles. The molecular formula is C32H42N2O2. The van der Waals surface area contributed by atoms with E-state index < -0.39 is 0 Å². The van der Waals surface area contributed by atoms with Gasteiger partial charge in [0, 0.05) is 19.1 Å². The zero-order valence-electron chi connectivity index (χ0n) is 22.0. The van der Waals surface area contributed by atoms with Crippen molar-refractivity contribution in [3.63, 3.8) is 0 Å². The fraction of sp³-hybridized carbons (Fsp3) is 0.500. The van der Waals surface area contributed by atoms with Crippen LogP contribution in [0.1, 0.15) is 48.4 Å². The first-order valence-electron chi connectivity index (χ1n) is 13.9. The summed E-state index contributed by atoms with van der Waals surface area (Å²) < 4.78 is 5.67. The Labute approximate surface area is 217 Å². The first-order valence-corrected chi connectivity index (χ1v) is 13.9. The van der Waals surface area contributed by atoms with E-state index in [0.717, 1.165) is 44.5 Å². The molecule has 2 aliphatic carbocycles. The topological polar surface area (TPSA) is 35.9 Å². The summed E-state index contributed by atoms with van der Waals surface area (Å²) in [5, 5.41) is 9.90. The predicted octanol–water partition coefficient (Wildman–Crippen LogP) is 5.74. The van der Waals surface area contributed by atoms with Crippen LogP contribution in [-0.4, -0.2) is 54.2 Å². The van der Waals surface area contributed by atoms with Crippen LogP contribution in [0, 0.1) is 11.8 Å². The molecule has 3 atom stereocenters. The van der Waals surface area contributed by atoms with Crippen molar-refractivity contribution in [1.82, 2.24) is 9.80 Å². The first-order chi connectivity index (χ1) is 17.6. The van der Waals surface area contributed by atoms with Gasteiger partial charge >= 0.3 is 0 Å². The van der Waals surface area contributed by atoms with E-state index in [0.29, 0.717) is 23.6 Å². The molecule has 1 N–H and O–H groups in total. The average Bonchev–Trinajstić information content (AvgIpc) is 3.44. The molecule has 3 aliphatic rings. The lowest BCUT2D eigenvalue weighted by atomic mass is 9.72. The van der Waals surface area contributed by atoms with E-state index in [4.69, 9.17) is 4.74 Å². The number of phenols is 1. The molecule has 36 heavy (non-hydrogen) atoms. The first kappa shape index (κ1) is 25.1. The zero-order valence-corrected chi connectivity index (χ0v) is 22.0. The van der Waals surface area contributed by atoms with Crippen LogP contribution in [-0.2, 0) is 30.5 Å². The fourth-order valence-electron chi connectivity index (χ4n) is 6.44. The maximum Gasteiger partial charge on any atom is 0.116 e. The highest BCUT2D eigenvalue weighted by Crippen LogP contribution is 2.38. The van der Waals surface area contributed by atoms with Gasteiger partial charge in [0.1, 0.15) is 11.5 Å². The Bertz CT molecular complexity index is 1070. The number of likely N-dealkylation sites (N-methyl/N-ethyl adjacent to an activating group) is 1. The molecular weight excluding hydrogens is 444 g/mol. The molecule has 0 radical (unpaired) electrons. The number of allylic oxidation sites excluding steroid dienone is 1. The minimum atomic E-state index is 0.313. The lowest BCUT2D eigenvalue weighted by Gasteiger charge is -2.41. The van der Waals surface area contributed by atoms with Crippen molar-refractivity contribution in [2.24, 2.45) is 11.8 Å². The molecule has 1 saturated heterocycles. The van der Waals surface area contributed by atoms with Crippen molar-refractivity contribution in [3.8, 4) is 5.75 Å². The molecule has 4 nitrogen and oxygen atoms in total. The molecule has 0 bridgehead atoms. The number of nitrogens with zero attached hydrogens (tertiary/aromatic N) is 2. The van der Waals surface area contributed by atoms with Crippen LogP contribution < -0.4 is 0 Å². The number of rotatable bonds is 9. The number of phenolic OH excluding ortho intramolecular Hbond substituents is 1. The lowest BCUT2D eigenvalue weighted by Crippen LogP contribution is -2.43. The maximum atomic E-state index is 9.90. The van der Waals surface area contributed by atoms with Gasteiger partial charge < -0.3 is 14.7 Å². The highest BCUT2D eigenvalue weighted by Gasteiger charge is 2.34. The third-order valence-electron chi connectivity index (χ3n) is 8.60. The van der Waals surface area contributed by atoms with E-state index in [1.165, 1.54) is 54.7 Å². The average molecular weight is 487 g/mol. The van der Waals surface area contributed by atoms with Gasteiger partial charge in [-0.15, -0.1) is 0 Å². The monoisotopic (exact) mass is 486 g/mol. The summed E-state index contributed by atoms with van der Waals surface area (Å²) in [5.41, 5.74) is 5.53. The van der Waals surface area contributed by atoms with Crippen LogP contribution >= 0.6 is 0 Å². The summed E-state index contributed by atoms with van der Waals surface area (Å²) in [4.78, 5) is 5.20. The van der Waals surface area contributed by atoms with Crippen molar-refractivity contribution >= 4 is 0 Å². The van der Waals surface area contributed by atoms with Crippen molar-refractivity contribution in [2.45, 2.75) is 58.0 Å². The van der Waals surface area contributed by atoms with Crippen molar-refractivity contribution < 1.29 is 9.84 Å². The highest BCUT2D eigenvalue weighted by molar-refractivity contribution is 5.37. The van der Waals surface area contributed by atoms with Gasteiger partial charge in [0.05, 0.1) is 7.11 Å². The van der Waals surface area contributed by atoms with Gasteiger partial charge in [0.15, 0.2) is 0 Å². The van der Waals surface area contributed by atoms with Crippen LogP contribution in [0.25, 0.3) is 0 Å². The molecule has 2 unspecified atom stereocenters. The number of aromatic hydroxyl groups is 1. The molecule has 1 aliphatic heterocycles. The Morgan fingerprint density at radius 2 is 1.81 bits per heavy atom. The number of fused-ring (bicyclic) bond motifs is 1. The summed E-state index contributed by atoms with van der Waals surface area (Å²) in [6.45, 7) is 7.95. The van der Waals surface area contributed by atoms with E-state index in [2.05, 4.69) is 65.3 Å². The molecule has 1 heterocycles. The number of benzene rings is 2. The molecule has 2 aromatic rings. The lowest BCUT2D eigenvalue weighted by molar-refractivity contribution is 0.147. The van der Waals surface area contributed by atoms with Crippen LogP contribution in [0.15, 0.2) is 66.5 Å². The normalized spacial score (nSPS) is 24.1. The van der Waals surface area contributed by atoms with Crippen LogP contribution in [0.5, 0.6) is 5.75 Å². The molecule has 4 heteroatoms. The van der Waals surface area contributed by atoms with Gasteiger partial charge in [-0.3, -0.25) is 4.90 Å². The Balaban J connectivity index is 1.28. The van der Waals surface area contributed by atoms with Gasteiger partial charge in [-0.05, 0) is 117 Å². The Morgan fingerprint density at radius 3 is 2.56 bits per heavy atom. The third-order valence-corrected chi connectivity index (χ3v) is 8.60. The highest BCUT2D eigenvalue weighted by atomic mass is 16.5. The van der Waals surface area contributed by atoms with Crippen molar-refractivity contribution in [2.75, 3.05) is 33.3 Å². The van der Waals surface area contributed by atoms with Gasteiger partial charge in [-0.25, -0.2) is 0 Å². The van der Waals surface area contributed by atoms with Gasteiger partial charge in [0.25, 0.3) is 0 Å². The summed E-state index contributed by atoms with van der Waals surface area (Å²) in [6, 6.07) is 15.6. The smallest absolute Gasteiger partial charge is 0.116 e. The fourth-order valence-corrected chi connectivity index (χ4v) is 6.44. The van der Waals surface area contributed by atoms with Crippen LogP contribution in [0.3, 0.4) is 0 Å². The molecule has 1 fully saturated rings. The van der Waals surface area contributed by atoms with E-state index in [1.54, 1.807) is 7.11 Å². The Kier molecular flexibility index (Phi) is 8.13. The summed E-state index contributed by atoms with van der Waals surface area (Å²) in [6.07, 6.45) is 14.0. The van der Waals surface area contributed by atoms with E-state index in [9.17, 15) is 5.11 Å². The number of likely N-dealkylation sites (tertiary alicyclic amines) is 1. The molecule has 5 rings (SSSR count). The maximum absolute atomic E-state index is 9.90. The minimum Gasteiger partial charge on any atom is -0.508 e. The summed E-state index contributed by atoms with van der Waals surface area (Å²) >= 11 is 0. The minimum absolute atomic E-state index is 0.313. The van der Waals surface area contributed by atoms with Crippen molar-refractivity contribution in [1.29, 1.82) is 0 Å². The van der Waals surface area contributed by atoms with Gasteiger partial charge in [-0.1, -0.05) is 43.3 Å². The number of hydrogen-bond donors (Lipinski definition) is 1. The third kappa shape index (κ3) is 5.87. The number of ether oxygens (including phenoxy) is 1. The standard InChI is InChI=1S/C32H42N2O2/c1-3-34(23-25-8-6-24(7-9-25)16-19-33-17-4-5-18-33)32-22-30(36-2)14-15-31(32)28-11-10-27-21-29(35)13-12-26(27)20-28/h6-9,12-15,21-22,28,31-32,35H,3-5,10-11,16-20,23H2,1-2H3/t28-,31?,32?/m1/s1. The molecule has 0 saturated carbocycles. The molecule has 192 valence electrons. The summed E-state index contributed by atoms with van der Waals surface area (Å²) in [5.74, 6) is 2.38. The van der Waals surface area contributed by atoms with Gasteiger partial charge in [-0.2, -0.15) is 0 Å². The van der Waals surface area contributed by atoms with E-state index in [1.807, 2.05) is 12.1 Å². The van der Waals surface area contributed by atoms with E-state index in [-0.39, 0.29) is 0 Å². The predicted molar refractivity (Wildman–Crippen MR) is 147 cm³/mol. The number of methoxy groups -OCH3 is 1. The van der Waals surface area contributed by atoms with E-state index >= 15 is 0 Å². The second kappa shape index (κ2) is 11.7. The zero-order chi connectivity index (χ0) is 24.9. The Morgan fingerprint density at radius 1 is 1.03 bits per heavy atom. The largest absolute Gasteiger partial charge is 0.508 e. The Hall–Kier alpha value is -2.56. The molecule has 0 spiro atoms. The number of hydrogen-bond acceptors (Lipinski definition) is 4. The van der Waals surface area contributed by atoms with Crippen LogP contribution in [0.4, 0.5) is 0 Å². The summed E-state index contributed by atoms with van der Waals surface area (Å²) in [7, 11) is 1.77. The molecule has 2 aromatic carbocycles. The second-order valence-electron chi connectivity index (χ2n) is 10.8. The molecule has 0 amide bonds. The second-order valence-corrected chi connectivity index (χ2v) is 10.8. The van der Waals surface area contributed by atoms with Crippen molar-refractivity contribution in [3.05, 3.63) is 88.7 Å². The number of aryl methyl sites for hydroxylation is 1.